The number of hydrogen-bond donors (Lipinski definition) is 2. The van der Waals surface area contributed by atoms with Gasteiger partial charge in [-0.3, -0.25) is 9.59 Å². The van der Waals surface area contributed by atoms with Gasteiger partial charge < -0.3 is 15.4 Å². The predicted octanol–water partition coefficient (Wildman–Crippen LogP) is 5.39. The zero-order chi connectivity index (χ0) is 21.5. The van der Waals surface area contributed by atoms with Gasteiger partial charge in [-0.1, -0.05) is 49.7 Å². The molecule has 0 heterocycles. The molecule has 0 spiro atoms. The van der Waals surface area contributed by atoms with Crippen LogP contribution in [0.4, 0.5) is 11.4 Å². The van der Waals surface area contributed by atoms with Crippen molar-refractivity contribution in [3.05, 3.63) is 89.5 Å². The minimum Gasteiger partial charge on any atom is -0.483 e. The van der Waals surface area contributed by atoms with Crippen LogP contribution in [0.3, 0.4) is 0 Å². The second-order valence-corrected chi connectivity index (χ2v) is 7.43. The van der Waals surface area contributed by atoms with Gasteiger partial charge in [0.05, 0.1) is 0 Å². The Hall–Kier alpha value is -3.60. The van der Waals surface area contributed by atoms with Crippen LogP contribution in [0.5, 0.6) is 5.75 Å². The van der Waals surface area contributed by atoms with Crippen LogP contribution in [0.2, 0.25) is 0 Å². The van der Waals surface area contributed by atoms with Crippen molar-refractivity contribution in [2.75, 3.05) is 17.2 Å². The summed E-state index contributed by atoms with van der Waals surface area (Å²) < 4.78 is 5.70. The Labute approximate surface area is 177 Å². The van der Waals surface area contributed by atoms with Crippen LogP contribution in [0, 0.1) is 6.92 Å². The molecule has 30 heavy (non-hydrogen) atoms. The van der Waals surface area contributed by atoms with Crippen LogP contribution >= 0.6 is 0 Å². The van der Waals surface area contributed by atoms with Crippen molar-refractivity contribution in [3.63, 3.8) is 0 Å². The van der Waals surface area contributed by atoms with Gasteiger partial charge in [-0.2, -0.15) is 0 Å². The molecule has 0 aliphatic heterocycles. The van der Waals surface area contributed by atoms with Gasteiger partial charge in [-0.05, 0) is 60.9 Å². The van der Waals surface area contributed by atoms with Crippen LogP contribution in [0.1, 0.15) is 41.3 Å². The lowest BCUT2D eigenvalue weighted by Gasteiger charge is -2.14. The van der Waals surface area contributed by atoms with E-state index in [-0.39, 0.29) is 18.4 Å². The third-order valence-electron chi connectivity index (χ3n) is 4.61. The van der Waals surface area contributed by atoms with E-state index >= 15 is 0 Å². The second kappa shape index (κ2) is 9.74. The smallest absolute Gasteiger partial charge is 0.262 e. The Morgan fingerprint density at radius 1 is 0.867 bits per heavy atom. The Balaban J connectivity index is 1.54. The SMILES string of the molecule is Cc1cccc(C(=O)Nc2ccc(NC(=O)COc3ccccc3C(C)C)cc2)c1. The molecule has 154 valence electrons. The van der Waals surface area contributed by atoms with Gasteiger partial charge in [0.2, 0.25) is 0 Å². The predicted molar refractivity (Wildman–Crippen MR) is 120 cm³/mol. The summed E-state index contributed by atoms with van der Waals surface area (Å²) in [7, 11) is 0. The summed E-state index contributed by atoms with van der Waals surface area (Å²) in [5, 5.41) is 5.66. The van der Waals surface area contributed by atoms with Crippen LogP contribution in [0.15, 0.2) is 72.8 Å². The number of benzene rings is 3. The zero-order valence-electron chi connectivity index (χ0n) is 17.4. The first-order valence-electron chi connectivity index (χ1n) is 9.92. The molecule has 0 saturated carbocycles. The van der Waals surface area contributed by atoms with E-state index < -0.39 is 0 Å². The molecule has 0 bridgehead atoms. The first kappa shape index (κ1) is 21.1. The van der Waals surface area contributed by atoms with Gasteiger partial charge in [0.15, 0.2) is 6.61 Å². The molecule has 2 N–H and O–H groups in total. The number of nitrogens with one attached hydrogen (secondary N) is 2. The second-order valence-electron chi connectivity index (χ2n) is 7.43. The van der Waals surface area contributed by atoms with E-state index in [0.29, 0.717) is 22.9 Å². The normalized spacial score (nSPS) is 10.5. The molecule has 0 fully saturated rings. The fourth-order valence-corrected chi connectivity index (χ4v) is 3.06. The fraction of sp³-hybridized carbons (Fsp3) is 0.200. The average molecular weight is 402 g/mol. The van der Waals surface area contributed by atoms with Gasteiger partial charge in [-0.25, -0.2) is 0 Å². The number of ether oxygens (including phenoxy) is 1. The molecule has 5 nitrogen and oxygen atoms in total. The molecule has 5 heteroatoms. The quantitative estimate of drug-likeness (QED) is 0.557. The molecule has 0 aliphatic carbocycles. The Morgan fingerprint density at radius 3 is 2.20 bits per heavy atom. The topological polar surface area (TPSA) is 67.4 Å². The van der Waals surface area contributed by atoms with E-state index in [1.807, 2.05) is 49.4 Å². The average Bonchev–Trinajstić information content (AvgIpc) is 2.74. The zero-order valence-corrected chi connectivity index (χ0v) is 17.4. The summed E-state index contributed by atoms with van der Waals surface area (Å²) in [5.74, 6) is 0.612. The van der Waals surface area contributed by atoms with Gasteiger partial charge in [0.1, 0.15) is 5.75 Å². The number of para-hydroxylation sites is 1. The summed E-state index contributed by atoms with van der Waals surface area (Å²) in [6.07, 6.45) is 0. The van der Waals surface area contributed by atoms with Crippen LogP contribution in [-0.4, -0.2) is 18.4 Å². The number of hydrogen-bond acceptors (Lipinski definition) is 3. The van der Waals surface area contributed by atoms with Gasteiger partial charge >= 0.3 is 0 Å². The Morgan fingerprint density at radius 2 is 1.53 bits per heavy atom. The summed E-state index contributed by atoms with van der Waals surface area (Å²) in [5.41, 5.74) is 3.99. The number of amides is 2. The van der Waals surface area contributed by atoms with E-state index in [2.05, 4.69) is 24.5 Å². The molecule has 2 amide bonds. The first-order chi connectivity index (χ1) is 14.4. The van der Waals surface area contributed by atoms with Crippen molar-refractivity contribution in [3.8, 4) is 5.75 Å². The minimum absolute atomic E-state index is 0.0738. The van der Waals surface area contributed by atoms with Crippen LogP contribution < -0.4 is 15.4 Å². The third kappa shape index (κ3) is 5.70. The van der Waals surface area contributed by atoms with Crippen molar-refractivity contribution >= 4 is 23.2 Å². The van der Waals surface area contributed by atoms with E-state index in [1.54, 1.807) is 30.3 Å². The number of rotatable bonds is 7. The van der Waals surface area contributed by atoms with Gasteiger partial charge in [0, 0.05) is 16.9 Å². The Kier molecular flexibility index (Phi) is 6.86. The third-order valence-corrected chi connectivity index (χ3v) is 4.61. The summed E-state index contributed by atoms with van der Waals surface area (Å²) in [4.78, 5) is 24.6. The van der Waals surface area contributed by atoms with Gasteiger partial charge in [0.25, 0.3) is 11.8 Å². The maximum atomic E-state index is 12.3. The van der Waals surface area contributed by atoms with Crippen LogP contribution in [-0.2, 0) is 4.79 Å². The van der Waals surface area contributed by atoms with Crippen molar-refractivity contribution in [1.29, 1.82) is 0 Å². The number of carbonyl (C=O) groups excluding carboxylic acids is 2. The lowest BCUT2D eigenvalue weighted by Crippen LogP contribution is -2.20. The summed E-state index contributed by atoms with van der Waals surface area (Å²) in [6.45, 7) is 6.04. The molecular weight excluding hydrogens is 376 g/mol. The lowest BCUT2D eigenvalue weighted by atomic mass is 10.0. The maximum absolute atomic E-state index is 12.3. The highest BCUT2D eigenvalue weighted by Crippen LogP contribution is 2.25. The molecule has 0 saturated heterocycles. The highest BCUT2D eigenvalue weighted by atomic mass is 16.5. The highest BCUT2D eigenvalue weighted by molar-refractivity contribution is 6.04. The molecule has 0 unspecified atom stereocenters. The van der Waals surface area contributed by atoms with Crippen LogP contribution in [0.25, 0.3) is 0 Å². The molecule has 0 aliphatic rings. The van der Waals surface area contributed by atoms with E-state index in [4.69, 9.17) is 4.74 Å². The van der Waals surface area contributed by atoms with E-state index in [1.165, 1.54) is 0 Å². The monoisotopic (exact) mass is 402 g/mol. The largest absolute Gasteiger partial charge is 0.483 e. The molecule has 0 atom stereocenters. The molecule has 3 aromatic carbocycles. The van der Waals surface area contributed by atoms with E-state index in [9.17, 15) is 9.59 Å². The minimum atomic E-state index is -0.245. The summed E-state index contributed by atoms with van der Waals surface area (Å²) in [6, 6.07) is 22.1. The van der Waals surface area contributed by atoms with Crippen molar-refractivity contribution in [2.45, 2.75) is 26.7 Å². The molecule has 3 rings (SSSR count). The standard InChI is InChI=1S/C25H26N2O3/c1-17(2)22-9-4-5-10-23(22)30-16-24(28)26-20-11-13-21(14-12-20)27-25(29)19-8-6-7-18(3)15-19/h4-15,17H,16H2,1-3H3,(H,26,28)(H,27,29). The Bertz CT molecular complexity index is 1030. The molecule has 0 radical (unpaired) electrons. The first-order valence-corrected chi connectivity index (χ1v) is 9.92. The summed E-state index contributed by atoms with van der Waals surface area (Å²) >= 11 is 0. The number of aryl methyl sites for hydroxylation is 1. The molecular formula is C25H26N2O3. The number of carbonyl (C=O) groups is 2. The lowest BCUT2D eigenvalue weighted by molar-refractivity contribution is -0.118. The highest BCUT2D eigenvalue weighted by Gasteiger charge is 2.10. The van der Waals surface area contributed by atoms with Crippen molar-refractivity contribution < 1.29 is 14.3 Å². The van der Waals surface area contributed by atoms with Crippen molar-refractivity contribution in [1.82, 2.24) is 0 Å². The number of anilines is 2. The van der Waals surface area contributed by atoms with Gasteiger partial charge in [-0.15, -0.1) is 0 Å². The molecule has 3 aromatic rings. The van der Waals surface area contributed by atoms with E-state index in [0.717, 1.165) is 16.9 Å². The maximum Gasteiger partial charge on any atom is 0.262 e. The van der Waals surface area contributed by atoms with Crippen molar-refractivity contribution in [2.24, 2.45) is 0 Å². The molecule has 0 aromatic heterocycles. The fourth-order valence-electron chi connectivity index (χ4n) is 3.06.